The maximum Gasteiger partial charge on any atom is 0.123 e. The van der Waals surface area contributed by atoms with E-state index in [1.165, 1.54) is 18.4 Å². The molecule has 17 heavy (non-hydrogen) atoms. The van der Waals surface area contributed by atoms with Crippen LogP contribution in [-0.4, -0.2) is 24.0 Å². The molecule has 0 radical (unpaired) electrons. The lowest BCUT2D eigenvalue weighted by atomic mass is 10.2. The van der Waals surface area contributed by atoms with E-state index in [2.05, 4.69) is 4.90 Å². The van der Waals surface area contributed by atoms with E-state index < -0.39 is 0 Å². The van der Waals surface area contributed by atoms with E-state index in [4.69, 9.17) is 5.73 Å². The van der Waals surface area contributed by atoms with Crippen LogP contribution in [0.25, 0.3) is 0 Å². The van der Waals surface area contributed by atoms with Crippen molar-refractivity contribution in [3.63, 3.8) is 0 Å². The lowest BCUT2D eigenvalue weighted by Gasteiger charge is -2.21. The van der Waals surface area contributed by atoms with Gasteiger partial charge in [0.25, 0.3) is 0 Å². The van der Waals surface area contributed by atoms with Gasteiger partial charge in [-0.25, -0.2) is 4.39 Å². The Balaban J connectivity index is 1.86. The molecule has 0 unspecified atom stereocenters. The van der Waals surface area contributed by atoms with E-state index in [1.807, 2.05) is 12.1 Å². The first-order chi connectivity index (χ1) is 8.29. The SMILES string of the molecule is NCCCCN(Cc1ccc(F)cc1)C1CC1. The molecule has 1 aliphatic rings. The summed E-state index contributed by atoms with van der Waals surface area (Å²) < 4.78 is 12.8. The number of nitrogens with zero attached hydrogens (tertiary/aromatic N) is 1. The van der Waals surface area contributed by atoms with Gasteiger partial charge in [0.15, 0.2) is 0 Å². The molecule has 94 valence electrons. The number of rotatable bonds is 7. The van der Waals surface area contributed by atoms with Gasteiger partial charge in [-0.1, -0.05) is 12.1 Å². The van der Waals surface area contributed by atoms with Crippen molar-refractivity contribution in [3.05, 3.63) is 35.6 Å². The maximum absolute atomic E-state index is 12.8. The quantitative estimate of drug-likeness (QED) is 0.737. The van der Waals surface area contributed by atoms with Gasteiger partial charge in [-0.05, 0) is 56.5 Å². The van der Waals surface area contributed by atoms with Crippen molar-refractivity contribution in [1.82, 2.24) is 4.90 Å². The van der Waals surface area contributed by atoms with Crippen LogP contribution in [0.2, 0.25) is 0 Å². The zero-order valence-electron chi connectivity index (χ0n) is 10.2. The fourth-order valence-electron chi connectivity index (χ4n) is 2.11. The Morgan fingerprint density at radius 3 is 2.47 bits per heavy atom. The van der Waals surface area contributed by atoms with Crippen molar-refractivity contribution in [2.24, 2.45) is 5.73 Å². The number of hydrogen-bond acceptors (Lipinski definition) is 2. The standard InChI is InChI=1S/C14H21FN2/c15-13-5-3-12(4-6-13)11-17(14-7-8-14)10-2-1-9-16/h3-6,14H,1-2,7-11,16H2. The molecule has 2 nitrogen and oxygen atoms in total. The van der Waals surface area contributed by atoms with Crippen LogP contribution in [0.3, 0.4) is 0 Å². The summed E-state index contributed by atoms with van der Waals surface area (Å²) in [5.41, 5.74) is 6.72. The first kappa shape index (κ1) is 12.5. The van der Waals surface area contributed by atoms with Gasteiger partial charge in [-0.2, -0.15) is 0 Å². The first-order valence-corrected chi connectivity index (χ1v) is 6.48. The molecule has 3 heteroatoms. The topological polar surface area (TPSA) is 29.3 Å². The highest BCUT2D eigenvalue weighted by Gasteiger charge is 2.28. The molecular weight excluding hydrogens is 215 g/mol. The number of benzene rings is 1. The molecule has 1 aromatic carbocycles. The van der Waals surface area contributed by atoms with Crippen molar-refractivity contribution in [2.45, 2.75) is 38.3 Å². The highest BCUT2D eigenvalue weighted by atomic mass is 19.1. The first-order valence-electron chi connectivity index (χ1n) is 6.48. The molecule has 2 N–H and O–H groups in total. The smallest absolute Gasteiger partial charge is 0.123 e. The van der Waals surface area contributed by atoms with Crippen LogP contribution >= 0.6 is 0 Å². The van der Waals surface area contributed by atoms with Crippen LogP contribution in [-0.2, 0) is 6.54 Å². The van der Waals surface area contributed by atoms with Crippen molar-refractivity contribution in [2.75, 3.05) is 13.1 Å². The number of unbranched alkanes of at least 4 members (excludes halogenated alkanes) is 1. The van der Waals surface area contributed by atoms with Crippen molar-refractivity contribution < 1.29 is 4.39 Å². The minimum Gasteiger partial charge on any atom is -0.330 e. The van der Waals surface area contributed by atoms with Gasteiger partial charge in [0.05, 0.1) is 0 Å². The zero-order chi connectivity index (χ0) is 12.1. The molecule has 1 aromatic rings. The Morgan fingerprint density at radius 2 is 1.88 bits per heavy atom. The number of nitrogens with two attached hydrogens (primary N) is 1. The van der Waals surface area contributed by atoms with E-state index in [1.54, 1.807) is 12.1 Å². The Hall–Kier alpha value is -0.930. The summed E-state index contributed by atoms with van der Waals surface area (Å²) >= 11 is 0. The predicted octanol–water partition coefficient (Wildman–Crippen LogP) is 2.53. The molecule has 1 fully saturated rings. The average molecular weight is 236 g/mol. The summed E-state index contributed by atoms with van der Waals surface area (Å²) in [6, 6.07) is 7.60. The molecule has 0 bridgehead atoms. The lowest BCUT2D eigenvalue weighted by molar-refractivity contribution is 0.250. The largest absolute Gasteiger partial charge is 0.330 e. The highest BCUT2D eigenvalue weighted by molar-refractivity contribution is 5.16. The Morgan fingerprint density at radius 1 is 1.18 bits per heavy atom. The second kappa shape index (κ2) is 6.12. The Bertz CT molecular complexity index is 333. The van der Waals surface area contributed by atoms with Gasteiger partial charge < -0.3 is 5.73 Å². The Kier molecular flexibility index (Phi) is 4.51. The van der Waals surface area contributed by atoms with Gasteiger partial charge in [0, 0.05) is 12.6 Å². The molecule has 0 spiro atoms. The molecule has 0 amide bonds. The minimum absolute atomic E-state index is 0.158. The number of hydrogen-bond donors (Lipinski definition) is 1. The monoisotopic (exact) mass is 236 g/mol. The fraction of sp³-hybridized carbons (Fsp3) is 0.571. The fourth-order valence-corrected chi connectivity index (χ4v) is 2.11. The second-order valence-corrected chi connectivity index (χ2v) is 4.82. The van der Waals surface area contributed by atoms with E-state index in [9.17, 15) is 4.39 Å². The third-order valence-electron chi connectivity index (χ3n) is 3.26. The summed E-state index contributed by atoms with van der Waals surface area (Å²) in [5.74, 6) is -0.158. The predicted molar refractivity (Wildman–Crippen MR) is 68.1 cm³/mol. The van der Waals surface area contributed by atoms with Crippen LogP contribution in [0.1, 0.15) is 31.2 Å². The highest BCUT2D eigenvalue weighted by Crippen LogP contribution is 2.28. The zero-order valence-corrected chi connectivity index (χ0v) is 10.2. The number of halogens is 1. The van der Waals surface area contributed by atoms with Crippen LogP contribution < -0.4 is 5.73 Å². The van der Waals surface area contributed by atoms with Crippen molar-refractivity contribution in [1.29, 1.82) is 0 Å². The molecule has 0 atom stereocenters. The van der Waals surface area contributed by atoms with E-state index in [0.717, 1.165) is 38.5 Å². The third kappa shape index (κ3) is 4.10. The summed E-state index contributed by atoms with van der Waals surface area (Å²) in [7, 11) is 0. The average Bonchev–Trinajstić information content (AvgIpc) is 3.15. The third-order valence-corrected chi connectivity index (χ3v) is 3.26. The summed E-state index contributed by atoms with van der Waals surface area (Å²) in [4.78, 5) is 2.50. The molecule has 1 saturated carbocycles. The van der Waals surface area contributed by atoms with E-state index in [-0.39, 0.29) is 5.82 Å². The van der Waals surface area contributed by atoms with Crippen LogP contribution in [0.15, 0.2) is 24.3 Å². The maximum atomic E-state index is 12.8. The van der Waals surface area contributed by atoms with E-state index in [0.29, 0.717) is 0 Å². The molecular formula is C14H21FN2. The van der Waals surface area contributed by atoms with Gasteiger partial charge >= 0.3 is 0 Å². The normalized spacial score (nSPS) is 15.5. The second-order valence-electron chi connectivity index (χ2n) is 4.82. The Labute approximate surface area is 103 Å². The van der Waals surface area contributed by atoms with Crippen LogP contribution in [0.5, 0.6) is 0 Å². The van der Waals surface area contributed by atoms with Crippen LogP contribution in [0, 0.1) is 5.82 Å². The van der Waals surface area contributed by atoms with Crippen molar-refractivity contribution in [3.8, 4) is 0 Å². The van der Waals surface area contributed by atoms with Crippen LogP contribution in [0.4, 0.5) is 4.39 Å². The molecule has 1 aliphatic carbocycles. The summed E-state index contributed by atoms with van der Waals surface area (Å²) in [6.07, 6.45) is 4.87. The molecule has 0 saturated heterocycles. The summed E-state index contributed by atoms with van der Waals surface area (Å²) in [6.45, 7) is 2.82. The molecule has 0 aliphatic heterocycles. The van der Waals surface area contributed by atoms with Gasteiger partial charge in [0.2, 0.25) is 0 Å². The lowest BCUT2D eigenvalue weighted by Crippen LogP contribution is -2.27. The van der Waals surface area contributed by atoms with Gasteiger partial charge in [0.1, 0.15) is 5.82 Å². The summed E-state index contributed by atoms with van der Waals surface area (Å²) in [5, 5.41) is 0. The van der Waals surface area contributed by atoms with E-state index >= 15 is 0 Å². The van der Waals surface area contributed by atoms with Gasteiger partial charge in [-0.15, -0.1) is 0 Å². The molecule has 0 aromatic heterocycles. The minimum atomic E-state index is -0.158. The molecule has 0 heterocycles. The van der Waals surface area contributed by atoms with Gasteiger partial charge in [-0.3, -0.25) is 4.90 Å². The van der Waals surface area contributed by atoms with Crippen molar-refractivity contribution >= 4 is 0 Å². The molecule has 2 rings (SSSR count).